The molecule has 0 spiro atoms. The Morgan fingerprint density at radius 1 is 0.625 bits per heavy atom. The van der Waals surface area contributed by atoms with Crippen molar-refractivity contribution in [3.8, 4) is 0 Å². The van der Waals surface area contributed by atoms with Crippen LogP contribution in [-0.2, 0) is 18.4 Å². The molecule has 0 bridgehead atoms. The highest BCUT2D eigenvalue weighted by Crippen LogP contribution is 2.43. The Bertz CT molecular complexity index is 763. The third kappa shape index (κ3) is 34.0. The third-order valence-electron chi connectivity index (χ3n) is 9.36. The zero-order valence-electron chi connectivity index (χ0n) is 32.5. The van der Waals surface area contributed by atoms with Gasteiger partial charge in [0.05, 0.1) is 39.9 Å². The number of carbonyl (C=O) groups is 1. The molecule has 1 amide bonds. The first-order valence-corrected chi connectivity index (χ1v) is 21.9. The normalized spacial score (nSPS) is 14.6. The van der Waals surface area contributed by atoms with Crippen molar-refractivity contribution in [2.45, 2.75) is 206 Å². The molecule has 288 valence electrons. The fraction of sp³-hybridized carbons (Fsp3) is 0.974. The van der Waals surface area contributed by atoms with Crippen molar-refractivity contribution < 1.29 is 32.9 Å². The molecule has 0 aliphatic carbocycles. The summed E-state index contributed by atoms with van der Waals surface area (Å²) in [5.41, 5.74) is 0. The van der Waals surface area contributed by atoms with Crippen molar-refractivity contribution in [3.05, 3.63) is 0 Å². The van der Waals surface area contributed by atoms with E-state index >= 15 is 0 Å². The molecule has 3 N–H and O–H groups in total. The van der Waals surface area contributed by atoms with Crippen molar-refractivity contribution >= 4 is 13.7 Å². The Balaban J connectivity index is 4.40. The molecule has 0 fully saturated rings. The van der Waals surface area contributed by atoms with Crippen LogP contribution in [0.4, 0.5) is 0 Å². The van der Waals surface area contributed by atoms with E-state index in [1.165, 1.54) is 128 Å². The van der Waals surface area contributed by atoms with Gasteiger partial charge in [0.1, 0.15) is 13.2 Å². The van der Waals surface area contributed by atoms with Gasteiger partial charge >= 0.3 is 7.82 Å². The lowest BCUT2D eigenvalue weighted by atomic mass is 10.0. The number of hydrogen-bond donors (Lipinski definition) is 3. The number of carbonyl (C=O) groups excluding carboxylic acids is 1. The molecule has 0 heterocycles. The number of nitrogens with one attached hydrogen (secondary N) is 1. The molecule has 0 rings (SSSR count). The van der Waals surface area contributed by atoms with E-state index < -0.39 is 20.0 Å². The zero-order chi connectivity index (χ0) is 35.8. The van der Waals surface area contributed by atoms with Crippen molar-refractivity contribution in [2.24, 2.45) is 0 Å². The SMILES string of the molecule is CCCCCCCCCCCCCCCCC(=O)NC(COP(=O)(O)OCC[N+](C)(C)C)C(O)CCCCCCCCCCCCCC. The molecule has 3 atom stereocenters. The van der Waals surface area contributed by atoms with Gasteiger partial charge in [0.15, 0.2) is 0 Å². The van der Waals surface area contributed by atoms with E-state index in [1.54, 1.807) is 0 Å². The lowest BCUT2D eigenvalue weighted by Crippen LogP contribution is -2.46. The Morgan fingerprint density at radius 2 is 1.00 bits per heavy atom. The van der Waals surface area contributed by atoms with Gasteiger partial charge in [-0.2, -0.15) is 0 Å². The number of unbranched alkanes of at least 4 members (excludes halogenated alkanes) is 24. The quantitative estimate of drug-likeness (QED) is 0.0338. The largest absolute Gasteiger partial charge is 0.472 e. The zero-order valence-corrected chi connectivity index (χ0v) is 33.4. The number of aliphatic hydroxyl groups excluding tert-OH is 1. The molecule has 0 aliphatic heterocycles. The minimum absolute atomic E-state index is 0.0782. The van der Waals surface area contributed by atoms with Crippen LogP contribution in [0.15, 0.2) is 0 Å². The maximum absolute atomic E-state index is 12.8. The Morgan fingerprint density at radius 3 is 1.40 bits per heavy atom. The van der Waals surface area contributed by atoms with Crippen LogP contribution in [-0.4, -0.2) is 73.4 Å². The molecule has 9 heteroatoms. The Labute approximate surface area is 298 Å². The first-order valence-electron chi connectivity index (χ1n) is 20.4. The van der Waals surface area contributed by atoms with Crippen molar-refractivity contribution in [1.82, 2.24) is 5.32 Å². The summed E-state index contributed by atoms with van der Waals surface area (Å²) in [5, 5.41) is 13.9. The van der Waals surface area contributed by atoms with Crippen molar-refractivity contribution in [2.75, 3.05) is 40.9 Å². The minimum atomic E-state index is -4.30. The van der Waals surface area contributed by atoms with Gasteiger partial charge in [-0.25, -0.2) is 4.57 Å². The summed E-state index contributed by atoms with van der Waals surface area (Å²) < 4.78 is 23.5. The van der Waals surface area contributed by atoms with E-state index in [-0.39, 0.29) is 19.1 Å². The van der Waals surface area contributed by atoms with Crippen molar-refractivity contribution in [1.29, 1.82) is 0 Å². The Kier molecular flexibility index (Phi) is 32.1. The fourth-order valence-electron chi connectivity index (χ4n) is 6.05. The molecule has 0 aromatic heterocycles. The van der Waals surface area contributed by atoms with Crippen LogP contribution in [0.1, 0.15) is 194 Å². The summed E-state index contributed by atoms with van der Waals surface area (Å²) >= 11 is 0. The first-order chi connectivity index (χ1) is 23.0. The number of nitrogens with zero attached hydrogens (tertiary/aromatic N) is 1. The van der Waals surface area contributed by atoms with E-state index in [2.05, 4.69) is 19.2 Å². The number of amides is 1. The molecule has 0 saturated heterocycles. The molecule has 0 aliphatic rings. The van der Waals surface area contributed by atoms with Crippen LogP contribution in [0.5, 0.6) is 0 Å². The maximum Gasteiger partial charge on any atom is 0.472 e. The van der Waals surface area contributed by atoms with Gasteiger partial charge < -0.3 is 19.8 Å². The highest BCUT2D eigenvalue weighted by molar-refractivity contribution is 7.47. The van der Waals surface area contributed by atoms with E-state index in [4.69, 9.17) is 9.05 Å². The van der Waals surface area contributed by atoms with Crippen LogP contribution < -0.4 is 5.32 Å². The van der Waals surface area contributed by atoms with Gasteiger partial charge in [-0.05, 0) is 12.8 Å². The van der Waals surface area contributed by atoms with Gasteiger partial charge in [0, 0.05) is 6.42 Å². The van der Waals surface area contributed by atoms with Crippen LogP contribution in [0.25, 0.3) is 0 Å². The molecule has 0 radical (unpaired) electrons. The molecule has 0 saturated carbocycles. The van der Waals surface area contributed by atoms with Crippen LogP contribution in [0.3, 0.4) is 0 Å². The first kappa shape index (κ1) is 47.5. The van der Waals surface area contributed by atoms with Crippen LogP contribution in [0, 0.1) is 0 Å². The summed E-state index contributed by atoms with van der Waals surface area (Å²) in [5.74, 6) is -0.144. The van der Waals surface area contributed by atoms with Gasteiger partial charge in [-0.15, -0.1) is 0 Å². The smallest absolute Gasteiger partial charge is 0.391 e. The second-order valence-corrected chi connectivity index (χ2v) is 16.8. The molecule has 0 aromatic carbocycles. The van der Waals surface area contributed by atoms with Crippen LogP contribution in [0.2, 0.25) is 0 Å². The predicted molar refractivity (Wildman–Crippen MR) is 203 cm³/mol. The monoisotopic (exact) mass is 706 g/mol. The van der Waals surface area contributed by atoms with E-state index in [1.807, 2.05) is 21.1 Å². The van der Waals surface area contributed by atoms with Crippen LogP contribution >= 0.6 is 7.82 Å². The highest BCUT2D eigenvalue weighted by Gasteiger charge is 2.28. The molecule has 48 heavy (non-hydrogen) atoms. The number of hydrogen-bond acceptors (Lipinski definition) is 5. The standard InChI is InChI=1S/C39H81N2O6P/c1-6-8-10-12-14-16-18-20-21-23-25-27-29-31-33-39(43)40-37(36-47-48(44,45)46-35-34-41(3,4)5)38(42)32-30-28-26-24-22-19-17-15-13-11-9-7-2/h37-38,42H,6-36H2,1-5H3,(H-,40,43,44,45)/p+1. The van der Waals surface area contributed by atoms with Crippen molar-refractivity contribution in [3.63, 3.8) is 0 Å². The fourth-order valence-corrected chi connectivity index (χ4v) is 6.78. The third-order valence-corrected chi connectivity index (χ3v) is 10.3. The number of phosphoric ester groups is 1. The number of aliphatic hydroxyl groups is 1. The summed E-state index contributed by atoms with van der Waals surface area (Å²) in [6.07, 6.45) is 32.6. The summed E-state index contributed by atoms with van der Waals surface area (Å²) in [7, 11) is 1.62. The number of likely N-dealkylation sites (N-methyl/N-ethyl adjacent to an activating group) is 1. The highest BCUT2D eigenvalue weighted by atomic mass is 31.2. The summed E-state index contributed by atoms with van der Waals surface area (Å²) in [4.78, 5) is 23.0. The topological polar surface area (TPSA) is 105 Å². The molecule has 8 nitrogen and oxygen atoms in total. The van der Waals surface area contributed by atoms with Gasteiger partial charge in [0.2, 0.25) is 5.91 Å². The maximum atomic E-state index is 12.8. The summed E-state index contributed by atoms with van der Waals surface area (Å²) in [6.45, 7) is 4.88. The second-order valence-electron chi connectivity index (χ2n) is 15.4. The lowest BCUT2D eigenvalue weighted by Gasteiger charge is -2.26. The van der Waals surface area contributed by atoms with E-state index in [0.29, 0.717) is 23.9 Å². The molecular weight excluding hydrogens is 623 g/mol. The minimum Gasteiger partial charge on any atom is -0.391 e. The number of phosphoric acid groups is 1. The lowest BCUT2D eigenvalue weighted by molar-refractivity contribution is -0.870. The number of quaternary nitrogens is 1. The van der Waals surface area contributed by atoms with E-state index in [9.17, 15) is 19.4 Å². The molecule has 0 aromatic rings. The predicted octanol–water partition coefficient (Wildman–Crippen LogP) is 10.6. The van der Waals surface area contributed by atoms with Gasteiger partial charge in [0.25, 0.3) is 0 Å². The molecule has 3 unspecified atom stereocenters. The van der Waals surface area contributed by atoms with Gasteiger partial charge in [-0.1, -0.05) is 174 Å². The Hall–Kier alpha value is -0.500. The van der Waals surface area contributed by atoms with E-state index in [0.717, 1.165) is 38.5 Å². The number of rotatable bonds is 37. The van der Waals surface area contributed by atoms with Gasteiger partial charge in [-0.3, -0.25) is 13.8 Å². The second kappa shape index (κ2) is 32.4. The average Bonchev–Trinajstić information content (AvgIpc) is 3.02. The molecular formula is C39H82N2O6P+. The average molecular weight is 706 g/mol. The summed E-state index contributed by atoms with van der Waals surface area (Å²) in [6, 6.07) is -0.751.